The van der Waals surface area contributed by atoms with E-state index in [-0.39, 0.29) is 37.1 Å². The van der Waals surface area contributed by atoms with Crippen LogP contribution in [0.5, 0.6) is 0 Å². The molecule has 10 nitrogen and oxygen atoms in total. The molecule has 119 heavy (non-hydrogen) atoms. The summed E-state index contributed by atoms with van der Waals surface area (Å²) in [5, 5.41) is 0. The SMILES string of the molecule is C.C.C.C.C.CC1=C(C)N(c2ccccc2C)C(C2CCCC2)N1C.CC1=C(C)N(c2ccccc2C)C(C2CCCC2)N1C.CC1=C(C2CCCC2)N(C)C(C2CCCC2)N1c1ccccc1C.CC1=C(C2CCCCC2)N(C)C(C2CCCC2)N1c1ccccc1C.CC1=C(c2ccccc2)N(C)C(C2CCCC2)N1c1ccccc1C. The third-order valence-electron chi connectivity index (χ3n) is 30.2. The zero-order chi connectivity index (χ0) is 80.0. The smallest absolute Gasteiger partial charge is 0.109 e. The van der Waals surface area contributed by atoms with Crippen molar-refractivity contribution in [2.75, 3.05) is 59.7 Å². The summed E-state index contributed by atoms with van der Waals surface area (Å²) in [7, 11) is 11.6. The summed E-state index contributed by atoms with van der Waals surface area (Å²) in [5.41, 5.74) is 30.0. The van der Waals surface area contributed by atoms with E-state index in [9.17, 15) is 0 Å². The van der Waals surface area contributed by atoms with Gasteiger partial charge in [0.25, 0.3) is 0 Å². The average Bonchev–Trinajstić information content (AvgIpc) is 1.62. The van der Waals surface area contributed by atoms with E-state index in [0.717, 1.165) is 41.4 Å². The van der Waals surface area contributed by atoms with Crippen LogP contribution in [-0.4, -0.2) is 90.6 Å². The van der Waals surface area contributed by atoms with Crippen LogP contribution in [-0.2, 0) is 0 Å². The molecule has 10 heteroatoms. The van der Waals surface area contributed by atoms with Gasteiger partial charge in [-0.1, -0.05) is 255 Å². The molecule has 0 bridgehead atoms. The van der Waals surface area contributed by atoms with Gasteiger partial charge in [0.2, 0.25) is 0 Å². The molecule has 18 rings (SSSR count). The number of para-hydroxylation sites is 5. The van der Waals surface area contributed by atoms with Crippen molar-refractivity contribution in [1.29, 1.82) is 0 Å². The number of hydrogen-bond acceptors (Lipinski definition) is 10. The largest absolute Gasteiger partial charge is 0.356 e. The van der Waals surface area contributed by atoms with Crippen LogP contribution in [0.1, 0.15) is 305 Å². The molecule has 7 fully saturated rings. The van der Waals surface area contributed by atoms with E-state index in [1.165, 1.54) is 294 Å². The quantitative estimate of drug-likeness (QED) is 0.112. The molecule has 0 amide bonds. The zero-order valence-corrected chi connectivity index (χ0v) is 73.8. The Morgan fingerprint density at radius 1 is 0.202 bits per heavy atom. The number of nitrogens with zero attached hydrogens (tertiary/aromatic N) is 10. The summed E-state index contributed by atoms with van der Waals surface area (Å²) < 4.78 is 0. The van der Waals surface area contributed by atoms with E-state index >= 15 is 0 Å². The first kappa shape index (κ1) is 94.9. The van der Waals surface area contributed by atoms with Crippen molar-refractivity contribution in [3.8, 4) is 0 Å². The molecule has 0 radical (unpaired) electrons. The highest BCUT2D eigenvalue weighted by Crippen LogP contribution is 2.52. The highest BCUT2D eigenvalue weighted by molar-refractivity contribution is 5.77. The summed E-state index contributed by atoms with van der Waals surface area (Å²) in [6.07, 6.45) is 42.8. The lowest BCUT2D eigenvalue weighted by molar-refractivity contribution is 0.213. The van der Waals surface area contributed by atoms with Crippen LogP contribution < -0.4 is 24.5 Å². The van der Waals surface area contributed by atoms with Gasteiger partial charge in [0.1, 0.15) is 30.8 Å². The van der Waals surface area contributed by atoms with Crippen LogP contribution in [0.2, 0.25) is 0 Å². The fourth-order valence-corrected chi connectivity index (χ4v) is 24.1. The van der Waals surface area contributed by atoms with Gasteiger partial charge in [0.05, 0.1) is 5.70 Å². The standard InChI is InChI=1S/C23H34N2.C23H28N2.C22H32N2.2C18H26N2.5CH4/c2*1-17-11-7-10-16-21(17)25-18(2)22(19-12-5-4-6-13-19)24(3)23(25)20-14-8-9-15-20;1-16-10-4-9-15-20(16)24-17(2)21(18-11-5-6-12-18)23(3)22(24)19-13-7-8-14-19;2*1-13-9-5-8-12-17(13)20-15(3)14(2)19(4)18(20)16-10-6-7-11-16;;;;;/h7,10-11,16,19-20,23H,4-6,8-9,12-15H2,1-3H3;4-7,10-13,16,20,23H,8-9,14-15H2,1-3H3;4,9-10,15,18-19,22H,5-8,11-14H2,1-3H3;2*5,8-9,12,16,18H,6-7,10-11H2,1-4H3;5*1H4. The summed E-state index contributed by atoms with van der Waals surface area (Å²) in [4.78, 5) is 26.1. The van der Waals surface area contributed by atoms with E-state index in [1.54, 1.807) is 11.4 Å². The fraction of sp³-hybridized carbons (Fsp3) is 0.578. The van der Waals surface area contributed by atoms with Crippen molar-refractivity contribution < 1.29 is 0 Å². The second-order valence-electron chi connectivity index (χ2n) is 37.0. The fourth-order valence-electron chi connectivity index (χ4n) is 24.1. The second-order valence-corrected chi connectivity index (χ2v) is 37.0. The van der Waals surface area contributed by atoms with Crippen molar-refractivity contribution in [3.05, 3.63) is 236 Å². The normalized spacial score (nSPS) is 23.4. The average molecular weight is 1620 g/mol. The zero-order valence-electron chi connectivity index (χ0n) is 73.8. The van der Waals surface area contributed by atoms with E-state index in [0.29, 0.717) is 30.8 Å². The molecule has 5 unspecified atom stereocenters. The van der Waals surface area contributed by atoms with Crippen molar-refractivity contribution >= 4 is 34.1 Å². The number of anilines is 5. The van der Waals surface area contributed by atoms with Gasteiger partial charge in [-0.2, -0.15) is 0 Å². The molecule has 0 spiro atoms. The summed E-state index contributed by atoms with van der Waals surface area (Å²) in [5.74, 6) is 5.51. The van der Waals surface area contributed by atoms with Crippen molar-refractivity contribution in [2.24, 2.45) is 41.4 Å². The maximum atomic E-state index is 2.70. The summed E-state index contributed by atoms with van der Waals surface area (Å²) in [6, 6.07) is 55.2. The van der Waals surface area contributed by atoms with Gasteiger partial charge in [-0.25, -0.2) is 0 Å². The lowest BCUT2D eigenvalue weighted by Crippen LogP contribution is -2.44. The lowest BCUT2D eigenvalue weighted by Gasteiger charge is -2.38. The van der Waals surface area contributed by atoms with Gasteiger partial charge in [-0.3, -0.25) is 0 Å². The molecule has 0 N–H and O–H groups in total. The van der Waals surface area contributed by atoms with Crippen LogP contribution in [0.15, 0.2) is 203 Å². The lowest BCUT2D eigenvalue weighted by atomic mass is 9.86. The molecule has 5 heterocycles. The second kappa shape index (κ2) is 42.7. The van der Waals surface area contributed by atoms with Gasteiger partial charge in [-0.15, -0.1) is 0 Å². The number of allylic oxidation sites excluding steroid dienone is 9. The van der Waals surface area contributed by atoms with Crippen LogP contribution >= 0.6 is 0 Å². The first-order valence-corrected chi connectivity index (χ1v) is 45.7. The minimum Gasteiger partial charge on any atom is -0.356 e. The Balaban J connectivity index is 0.000000168. The predicted octanol–water partition coefficient (Wildman–Crippen LogP) is 29.6. The van der Waals surface area contributed by atoms with Crippen LogP contribution in [0.4, 0.5) is 28.4 Å². The minimum atomic E-state index is 0. The highest BCUT2D eigenvalue weighted by Gasteiger charge is 2.48. The predicted molar refractivity (Wildman–Crippen MR) is 519 cm³/mol. The van der Waals surface area contributed by atoms with Gasteiger partial charge in [-0.05, 0) is 266 Å². The van der Waals surface area contributed by atoms with Crippen LogP contribution in [0.25, 0.3) is 5.70 Å². The topological polar surface area (TPSA) is 32.4 Å². The number of rotatable bonds is 13. The summed E-state index contributed by atoms with van der Waals surface area (Å²) in [6.45, 7) is 27.3. The van der Waals surface area contributed by atoms with Gasteiger partial charge < -0.3 is 49.0 Å². The Kier molecular flexibility index (Phi) is 34.0. The van der Waals surface area contributed by atoms with E-state index < -0.39 is 0 Å². The number of aryl methyl sites for hydroxylation is 5. The van der Waals surface area contributed by atoms with E-state index in [4.69, 9.17) is 0 Å². The minimum absolute atomic E-state index is 0. The Morgan fingerprint density at radius 2 is 0.412 bits per heavy atom. The molecular weight excluding hydrogens is 1450 g/mol. The van der Waals surface area contributed by atoms with Gasteiger partial charge in [0, 0.05) is 127 Å². The molecule has 12 aliphatic rings. The van der Waals surface area contributed by atoms with Gasteiger partial charge >= 0.3 is 0 Å². The van der Waals surface area contributed by atoms with Crippen molar-refractivity contribution in [1.82, 2.24) is 24.5 Å². The molecule has 5 aliphatic heterocycles. The third kappa shape index (κ3) is 19.4. The molecule has 7 aliphatic carbocycles. The monoisotopic (exact) mass is 1620 g/mol. The molecule has 6 aromatic carbocycles. The van der Waals surface area contributed by atoms with Crippen LogP contribution in [0.3, 0.4) is 0 Å². The molecule has 652 valence electrons. The molecule has 6 aromatic rings. The van der Waals surface area contributed by atoms with E-state index in [2.05, 4.69) is 319 Å². The maximum Gasteiger partial charge on any atom is 0.109 e. The number of hydrogen-bond donors (Lipinski definition) is 0. The number of benzene rings is 6. The Labute approximate surface area is 728 Å². The Morgan fingerprint density at radius 3 is 0.681 bits per heavy atom. The van der Waals surface area contributed by atoms with Crippen molar-refractivity contribution in [3.63, 3.8) is 0 Å². The molecular formula is C109H166N10. The molecule has 7 saturated carbocycles. The first-order valence-electron chi connectivity index (χ1n) is 45.7. The van der Waals surface area contributed by atoms with E-state index in [1.807, 2.05) is 0 Å². The molecule has 0 saturated heterocycles. The summed E-state index contributed by atoms with van der Waals surface area (Å²) >= 11 is 0. The van der Waals surface area contributed by atoms with Crippen molar-refractivity contribution in [2.45, 2.75) is 337 Å². The molecule has 0 aromatic heterocycles. The van der Waals surface area contributed by atoms with Gasteiger partial charge in [0.15, 0.2) is 0 Å². The highest BCUT2D eigenvalue weighted by atomic mass is 15.4. The van der Waals surface area contributed by atoms with Crippen LogP contribution in [0, 0.1) is 76.0 Å². The maximum absolute atomic E-state index is 2.70. The molecule has 5 atom stereocenters. The first-order chi connectivity index (χ1) is 55.3. The third-order valence-corrected chi connectivity index (χ3v) is 30.2. The Hall–Kier alpha value is -7.98. The Bertz CT molecular complexity index is 4270.